The molecule has 0 aliphatic heterocycles. The Kier molecular flexibility index (Phi) is 5.52. The average molecular weight is 292 g/mol. The van der Waals surface area contributed by atoms with Crippen molar-refractivity contribution >= 4 is 16.8 Å². The molecule has 20 heavy (non-hydrogen) atoms. The molecule has 0 aliphatic carbocycles. The van der Waals surface area contributed by atoms with Crippen molar-refractivity contribution in [1.82, 2.24) is 0 Å². The number of hydrogen-bond donors (Lipinski definition) is 0. The molecule has 0 unspecified atom stereocenters. The minimum absolute atomic E-state index is 0.229. The minimum Gasteiger partial charge on any atom is -0.457 e. The molecule has 0 N–H and O–H groups in total. The van der Waals surface area contributed by atoms with Gasteiger partial charge in [-0.15, -0.1) is 12.3 Å². The van der Waals surface area contributed by atoms with Crippen molar-refractivity contribution in [1.29, 1.82) is 0 Å². The van der Waals surface area contributed by atoms with E-state index in [1.165, 1.54) is 0 Å². The van der Waals surface area contributed by atoms with Gasteiger partial charge < -0.3 is 4.74 Å². The maximum absolute atomic E-state index is 12.2. The van der Waals surface area contributed by atoms with Crippen molar-refractivity contribution in [2.24, 2.45) is 5.41 Å². The third kappa shape index (κ3) is 4.50. The number of benzene rings is 1. The molecule has 0 amide bonds. The number of ether oxygens (including phenoxy) is 1. The Balaban J connectivity index is 2.92. The largest absolute Gasteiger partial charge is 0.457 e. The third-order valence-corrected chi connectivity index (χ3v) is 3.84. The van der Waals surface area contributed by atoms with Gasteiger partial charge in [-0.3, -0.25) is 4.21 Å². The summed E-state index contributed by atoms with van der Waals surface area (Å²) >= 11 is 0. The Bertz CT molecular complexity index is 550. The van der Waals surface area contributed by atoms with E-state index in [2.05, 4.69) is 5.92 Å². The zero-order chi connectivity index (χ0) is 15.3. The Labute approximate surface area is 123 Å². The van der Waals surface area contributed by atoms with Crippen LogP contribution in [0.1, 0.15) is 37.6 Å². The van der Waals surface area contributed by atoms with Crippen LogP contribution in [0.25, 0.3) is 0 Å². The van der Waals surface area contributed by atoms with Crippen LogP contribution >= 0.6 is 0 Å². The van der Waals surface area contributed by atoms with Crippen molar-refractivity contribution in [2.75, 3.05) is 6.26 Å². The predicted molar refractivity (Wildman–Crippen MR) is 80.9 cm³/mol. The second kappa shape index (κ2) is 6.71. The monoisotopic (exact) mass is 292 g/mol. The van der Waals surface area contributed by atoms with Gasteiger partial charge in [0.1, 0.15) is 6.10 Å². The molecule has 0 aromatic heterocycles. The fraction of sp³-hybridized carbons (Fsp3) is 0.438. The van der Waals surface area contributed by atoms with Crippen LogP contribution in [-0.4, -0.2) is 22.5 Å². The van der Waals surface area contributed by atoms with Crippen LogP contribution in [0.2, 0.25) is 0 Å². The molecule has 0 aliphatic rings. The molecule has 2 atom stereocenters. The number of esters is 1. The maximum Gasteiger partial charge on any atom is 0.338 e. The molecule has 0 saturated heterocycles. The first kappa shape index (κ1) is 16.5. The average Bonchev–Trinajstić information content (AvgIpc) is 2.37. The molecular formula is C16H20O3S. The summed E-state index contributed by atoms with van der Waals surface area (Å²) in [4.78, 5) is 12.8. The van der Waals surface area contributed by atoms with Crippen molar-refractivity contribution < 1.29 is 13.7 Å². The van der Waals surface area contributed by atoms with Gasteiger partial charge in [0.25, 0.3) is 0 Å². The van der Waals surface area contributed by atoms with Gasteiger partial charge in [-0.1, -0.05) is 26.8 Å². The number of hydrogen-bond acceptors (Lipinski definition) is 3. The van der Waals surface area contributed by atoms with E-state index in [1.807, 2.05) is 20.8 Å². The molecule has 0 spiro atoms. The van der Waals surface area contributed by atoms with Crippen LogP contribution in [-0.2, 0) is 15.5 Å². The van der Waals surface area contributed by atoms with Crippen molar-refractivity contribution in [2.45, 2.75) is 38.2 Å². The number of rotatable bonds is 4. The topological polar surface area (TPSA) is 43.4 Å². The quantitative estimate of drug-likeness (QED) is 0.633. The molecule has 0 radical (unpaired) electrons. The molecule has 0 saturated carbocycles. The highest BCUT2D eigenvalue weighted by Crippen LogP contribution is 2.25. The SMILES string of the molecule is C#CC[C@H](OC(=O)c1cccc([S@](C)=O)c1)C(C)(C)C. The molecule has 108 valence electrons. The van der Waals surface area contributed by atoms with Gasteiger partial charge in [-0.25, -0.2) is 4.79 Å². The fourth-order valence-corrected chi connectivity index (χ4v) is 2.19. The smallest absolute Gasteiger partial charge is 0.338 e. The fourth-order valence-electron chi connectivity index (χ4n) is 1.63. The molecule has 3 nitrogen and oxygen atoms in total. The summed E-state index contributed by atoms with van der Waals surface area (Å²) in [6.45, 7) is 5.92. The highest BCUT2D eigenvalue weighted by Gasteiger charge is 2.28. The Morgan fingerprint density at radius 2 is 2.10 bits per heavy atom. The Morgan fingerprint density at radius 1 is 1.45 bits per heavy atom. The van der Waals surface area contributed by atoms with Gasteiger partial charge in [0.2, 0.25) is 0 Å². The zero-order valence-corrected chi connectivity index (χ0v) is 13.1. The van der Waals surface area contributed by atoms with E-state index in [0.29, 0.717) is 16.9 Å². The summed E-state index contributed by atoms with van der Waals surface area (Å²) in [7, 11) is -1.13. The number of carbonyl (C=O) groups is 1. The second-order valence-electron chi connectivity index (χ2n) is 5.65. The van der Waals surface area contributed by atoms with Crippen LogP contribution in [0.5, 0.6) is 0 Å². The lowest BCUT2D eigenvalue weighted by Gasteiger charge is -2.28. The van der Waals surface area contributed by atoms with Crippen LogP contribution in [0, 0.1) is 17.8 Å². The first-order valence-corrected chi connectivity index (χ1v) is 7.89. The molecule has 0 heterocycles. The van der Waals surface area contributed by atoms with Crippen LogP contribution in [0.15, 0.2) is 29.2 Å². The van der Waals surface area contributed by atoms with Crippen LogP contribution in [0.3, 0.4) is 0 Å². The normalized spacial score (nSPS) is 14.2. The third-order valence-electron chi connectivity index (χ3n) is 2.92. The van der Waals surface area contributed by atoms with Gasteiger partial charge in [0.15, 0.2) is 0 Å². The first-order chi connectivity index (χ1) is 9.25. The lowest BCUT2D eigenvalue weighted by atomic mass is 9.87. The summed E-state index contributed by atoms with van der Waals surface area (Å²) in [5.41, 5.74) is 0.164. The molecule has 4 heteroatoms. The highest BCUT2D eigenvalue weighted by atomic mass is 32.2. The molecule has 1 aromatic rings. The summed E-state index contributed by atoms with van der Waals surface area (Å²) in [6.07, 6.45) is 6.91. The van der Waals surface area contributed by atoms with Crippen molar-refractivity contribution in [3.05, 3.63) is 29.8 Å². The molecule has 0 fully saturated rings. The van der Waals surface area contributed by atoms with E-state index >= 15 is 0 Å². The van der Waals surface area contributed by atoms with Gasteiger partial charge in [-0.05, 0) is 23.6 Å². The molecule has 1 aromatic carbocycles. The van der Waals surface area contributed by atoms with Crippen molar-refractivity contribution in [3.63, 3.8) is 0 Å². The summed E-state index contributed by atoms with van der Waals surface area (Å²) in [6, 6.07) is 6.65. The van der Waals surface area contributed by atoms with E-state index in [1.54, 1.807) is 30.5 Å². The number of terminal acetylenes is 1. The van der Waals surface area contributed by atoms with E-state index in [0.717, 1.165) is 0 Å². The summed E-state index contributed by atoms with van der Waals surface area (Å²) < 4.78 is 16.9. The van der Waals surface area contributed by atoms with Gasteiger partial charge >= 0.3 is 5.97 Å². The maximum atomic E-state index is 12.2. The minimum atomic E-state index is -1.13. The van der Waals surface area contributed by atoms with Crippen LogP contribution in [0.4, 0.5) is 0 Å². The summed E-state index contributed by atoms with van der Waals surface area (Å²) in [5, 5.41) is 0. The first-order valence-electron chi connectivity index (χ1n) is 6.33. The highest BCUT2D eigenvalue weighted by molar-refractivity contribution is 7.84. The lowest BCUT2D eigenvalue weighted by molar-refractivity contribution is -0.000566. The lowest BCUT2D eigenvalue weighted by Crippen LogP contribution is -2.31. The van der Waals surface area contributed by atoms with E-state index < -0.39 is 16.8 Å². The van der Waals surface area contributed by atoms with Crippen molar-refractivity contribution in [3.8, 4) is 12.3 Å². The van der Waals surface area contributed by atoms with E-state index in [9.17, 15) is 9.00 Å². The second-order valence-corrected chi connectivity index (χ2v) is 7.03. The van der Waals surface area contributed by atoms with Gasteiger partial charge in [0, 0.05) is 28.4 Å². The number of carbonyl (C=O) groups excluding carboxylic acids is 1. The molecular weight excluding hydrogens is 272 g/mol. The van der Waals surface area contributed by atoms with Gasteiger partial charge in [-0.2, -0.15) is 0 Å². The summed E-state index contributed by atoms with van der Waals surface area (Å²) in [5.74, 6) is 2.10. The van der Waals surface area contributed by atoms with Crippen LogP contribution < -0.4 is 0 Å². The Morgan fingerprint density at radius 3 is 2.60 bits per heavy atom. The standard InChI is InChI=1S/C16H20O3S/c1-6-8-14(16(2,3)4)19-15(17)12-9-7-10-13(11-12)20(5)18/h1,7,9-11,14H,8H2,2-5H3/t14-,20-/m0/s1. The predicted octanol–water partition coefficient (Wildman–Crippen LogP) is 3.02. The van der Waals surface area contributed by atoms with Gasteiger partial charge in [0.05, 0.1) is 5.56 Å². The zero-order valence-electron chi connectivity index (χ0n) is 12.3. The van der Waals surface area contributed by atoms with E-state index in [4.69, 9.17) is 11.2 Å². The molecule has 0 bridgehead atoms. The Hall–Kier alpha value is -1.60. The molecule has 1 rings (SSSR count). The van der Waals surface area contributed by atoms with E-state index in [-0.39, 0.29) is 11.5 Å².